The Morgan fingerprint density at radius 3 is 2.33 bits per heavy atom. The lowest BCUT2D eigenvalue weighted by atomic mass is 9.84. The van der Waals surface area contributed by atoms with Crippen molar-refractivity contribution in [2.24, 2.45) is 17.8 Å². The molecule has 1 saturated heterocycles. The summed E-state index contributed by atoms with van der Waals surface area (Å²) in [5, 5.41) is 3.07. The van der Waals surface area contributed by atoms with Gasteiger partial charge in [0.1, 0.15) is 11.6 Å². The van der Waals surface area contributed by atoms with Gasteiger partial charge in [0, 0.05) is 6.04 Å². The molecule has 1 heterocycles. The lowest BCUT2D eigenvalue weighted by Crippen LogP contribution is -2.73. The number of hydrogen-bond acceptors (Lipinski definition) is 2. The maximum absolute atomic E-state index is 13.2. The lowest BCUT2D eigenvalue weighted by Gasteiger charge is -2.49. The van der Waals surface area contributed by atoms with Crippen LogP contribution in [0.3, 0.4) is 0 Å². The van der Waals surface area contributed by atoms with Gasteiger partial charge in [-0.05, 0) is 50.4 Å². The van der Waals surface area contributed by atoms with Crippen LogP contribution in [0.25, 0.3) is 0 Å². The Morgan fingerprint density at radius 2 is 1.86 bits per heavy atom. The Bertz CT molecular complexity index is 458. The molecule has 0 bridgehead atoms. The molecule has 4 atom stereocenters. The Kier molecular flexibility index (Phi) is 3.53. The average molecular weight is 292 g/mol. The van der Waals surface area contributed by atoms with Crippen LogP contribution in [0.4, 0.5) is 0 Å². The fraction of sp³-hybridized carbons (Fsp3) is 0.882. The van der Waals surface area contributed by atoms with Gasteiger partial charge in [-0.15, -0.1) is 0 Å². The normalized spacial score (nSPS) is 40.8. The molecule has 3 aliphatic rings. The van der Waals surface area contributed by atoms with Gasteiger partial charge in [0.25, 0.3) is 0 Å². The highest BCUT2D eigenvalue weighted by Crippen LogP contribution is 2.44. The predicted octanol–water partition coefficient (Wildman–Crippen LogP) is 2.33. The molecule has 4 unspecified atom stereocenters. The van der Waals surface area contributed by atoms with Crippen LogP contribution in [-0.4, -0.2) is 34.3 Å². The summed E-state index contributed by atoms with van der Waals surface area (Å²) in [5.74, 6) is 1.22. The van der Waals surface area contributed by atoms with Gasteiger partial charge in [-0.3, -0.25) is 9.59 Å². The Morgan fingerprint density at radius 1 is 1.19 bits per heavy atom. The molecule has 2 saturated carbocycles. The van der Waals surface area contributed by atoms with Crippen LogP contribution >= 0.6 is 0 Å². The Hall–Kier alpha value is -1.06. The molecular formula is C17H28N2O2. The van der Waals surface area contributed by atoms with E-state index in [9.17, 15) is 9.59 Å². The minimum absolute atomic E-state index is 0.0538. The van der Waals surface area contributed by atoms with Gasteiger partial charge >= 0.3 is 0 Å². The van der Waals surface area contributed by atoms with Gasteiger partial charge in [-0.25, -0.2) is 0 Å². The first-order valence-corrected chi connectivity index (χ1v) is 8.51. The Labute approximate surface area is 127 Å². The predicted molar refractivity (Wildman–Crippen MR) is 81.5 cm³/mol. The third-order valence-electron chi connectivity index (χ3n) is 5.83. The van der Waals surface area contributed by atoms with Crippen LogP contribution in [0.1, 0.15) is 59.8 Å². The van der Waals surface area contributed by atoms with Crippen molar-refractivity contribution in [3.63, 3.8) is 0 Å². The molecule has 2 aliphatic carbocycles. The second-order valence-electron chi connectivity index (χ2n) is 7.84. The summed E-state index contributed by atoms with van der Waals surface area (Å²) in [6, 6.07) is -0.0519. The number of carbonyl (C=O) groups is 2. The molecule has 0 spiro atoms. The summed E-state index contributed by atoms with van der Waals surface area (Å²) < 4.78 is 0. The number of amides is 2. The lowest BCUT2D eigenvalue weighted by molar-refractivity contribution is -0.161. The summed E-state index contributed by atoms with van der Waals surface area (Å²) >= 11 is 0. The third-order valence-corrected chi connectivity index (χ3v) is 5.83. The van der Waals surface area contributed by atoms with Crippen molar-refractivity contribution >= 4 is 11.8 Å². The minimum Gasteiger partial charge on any atom is -0.340 e. The zero-order valence-corrected chi connectivity index (χ0v) is 13.7. The molecule has 3 rings (SSSR count). The van der Waals surface area contributed by atoms with E-state index >= 15 is 0 Å². The molecule has 0 radical (unpaired) electrons. The van der Waals surface area contributed by atoms with Gasteiger partial charge in [0.15, 0.2) is 0 Å². The zero-order chi connectivity index (χ0) is 15.4. The maximum atomic E-state index is 13.2. The number of carbonyl (C=O) groups excluding carboxylic acids is 2. The molecule has 0 aromatic rings. The van der Waals surface area contributed by atoms with Crippen LogP contribution in [0.15, 0.2) is 0 Å². The first-order chi connectivity index (χ1) is 9.86. The topological polar surface area (TPSA) is 49.4 Å². The maximum Gasteiger partial charge on any atom is 0.249 e. The van der Waals surface area contributed by atoms with Gasteiger partial charge in [-0.2, -0.15) is 0 Å². The van der Waals surface area contributed by atoms with Gasteiger partial charge < -0.3 is 10.2 Å². The second kappa shape index (κ2) is 4.99. The second-order valence-corrected chi connectivity index (χ2v) is 7.84. The molecular weight excluding hydrogens is 264 g/mol. The molecule has 0 aromatic heterocycles. The van der Waals surface area contributed by atoms with E-state index in [2.05, 4.69) is 12.2 Å². The molecule has 4 heteroatoms. The highest BCUT2D eigenvalue weighted by molar-refractivity contribution is 6.00. The van der Waals surface area contributed by atoms with Crippen LogP contribution < -0.4 is 5.32 Å². The van der Waals surface area contributed by atoms with E-state index in [4.69, 9.17) is 0 Å². The largest absolute Gasteiger partial charge is 0.340 e. The molecule has 2 amide bonds. The standard InChI is InChI=1S/C17H28N2O2/c1-10(2)14-15(20)18-17(4,12-8-9-12)16(21)19(14)13-7-5-6-11(13)3/h10-14H,5-9H2,1-4H3,(H,18,20). The number of rotatable bonds is 3. The van der Waals surface area contributed by atoms with Gasteiger partial charge in [0.05, 0.1) is 0 Å². The van der Waals surface area contributed by atoms with E-state index in [-0.39, 0.29) is 29.8 Å². The fourth-order valence-corrected chi connectivity index (χ4v) is 4.36. The first-order valence-electron chi connectivity index (χ1n) is 8.51. The average Bonchev–Trinajstić information content (AvgIpc) is 3.17. The van der Waals surface area contributed by atoms with E-state index in [0.717, 1.165) is 19.3 Å². The van der Waals surface area contributed by atoms with E-state index in [1.807, 2.05) is 25.7 Å². The quantitative estimate of drug-likeness (QED) is 0.868. The van der Waals surface area contributed by atoms with E-state index in [1.165, 1.54) is 12.8 Å². The van der Waals surface area contributed by atoms with Gasteiger partial charge in [-0.1, -0.05) is 27.2 Å². The summed E-state index contributed by atoms with van der Waals surface area (Å²) in [7, 11) is 0. The van der Waals surface area contributed by atoms with E-state index in [1.54, 1.807) is 0 Å². The summed E-state index contributed by atoms with van der Waals surface area (Å²) in [6.07, 6.45) is 5.50. The monoisotopic (exact) mass is 292 g/mol. The number of nitrogens with one attached hydrogen (secondary N) is 1. The molecule has 118 valence electrons. The van der Waals surface area contributed by atoms with Crippen LogP contribution in [0, 0.1) is 17.8 Å². The smallest absolute Gasteiger partial charge is 0.249 e. The highest BCUT2D eigenvalue weighted by atomic mass is 16.2. The zero-order valence-electron chi connectivity index (χ0n) is 13.7. The highest BCUT2D eigenvalue weighted by Gasteiger charge is 2.57. The molecule has 21 heavy (non-hydrogen) atoms. The summed E-state index contributed by atoms with van der Waals surface area (Å²) in [4.78, 5) is 27.9. The van der Waals surface area contributed by atoms with Gasteiger partial charge in [0.2, 0.25) is 11.8 Å². The van der Waals surface area contributed by atoms with Crippen molar-refractivity contribution in [2.75, 3.05) is 0 Å². The number of hydrogen-bond donors (Lipinski definition) is 1. The fourth-order valence-electron chi connectivity index (χ4n) is 4.36. The van der Waals surface area contributed by atoms with Crippen molar-refractivity contribution in [3.05, 3.63) is 0 Å². The van der Waals surface area contributed by atoms with Crippen molar-refractivity contribution in [2.45, 2.75) is 77.4 Å². The van der Waals surface area contributed by atoms with Crippen molar-refractivity contribution < 1.29 is 9.59 Å². The molecule has 0 aromatic carbocycles. The molecule has 3 fully saturated rings. The van der Waals surface area contributed by atoms with Crippen LogP contribution in [0.2, 0.25) is 0 Å². The SMILES string of the molecule is CC(C)C1C(=O)NC(C)(C2CC2)C(=O)N1C1CCCC1C. The van der Waals surface area contributed by atoms with Crippen molar-refractivity contribution in [3.8, 4) is 0 Å². The number of nitrogens with zero attached hydrogens (tertiary/aromatic N) is 1. The van der Waals surface area contributed by atoms with Crippen molar-refractivity contribution in [1.82, 2.24) is 10.2 Å². The van der Waals surface area contributed by atoms with E-state index in [0.29, 0.717) is 11.8 Å². The molecule has 1 aliphatic heterocycles. The molecule has 1 N–H and O–H groups in total. The van der Waals surface area contributed by atoms with Crippen molar-refractivity contribution in [1.29, 1.82) is 0 Å². The summed E-state index contributed by atoms with van der Waals surface area (Å²) in [5.41, 5.74) is -0.662. The first kappa shape index (κ1) is 14.9. The molecule has 4 nitrogen and oxygen atoms in total. The third kappa shape index (κ3) is 2.27. The Balaban J connectivity index is 1.96. The van der Waals surface area contributed by atoms with E-state index < -0.39 is 5.54 Å². The minimum atomic E-state index is -0.662. The summed E-state index contributed by atoms with van der Waals surface area (Å²) in [6.45, 7) is 8.26. The number of piperazine rings is 1. The van der Waals surface area contributed by atoms with Crippen LogP contribution in [-0.2, 0) is 9.59 Å². The van der Waals surface area contributed by atoms with Crippen LogP contribution in [0.5, 0.6) is 0 Å².